The highest BCUT2D eigenvalue weighted by atomic mass is 32.2. The van der Waals surface area contributed by atoms with Gasteiger partial charge in [0.2, 0.25) is 0 Å². The first kappa shape index (κ1) is 30.2. The van der Waals surface area contributed by atoms with E-state index in [9.17, 15) is 22.8 Å². The van der Waals surface area contributed by atoms with Crippen molar-refractivity contribution in [2.75, 3.05) is 23.5 Å². The second-order valence-corrected chi connectivity index (χ2v) is 11.6. The van der Waals surface area contributed by atoms with Crippen molar-refractivity contribution in [3.8, 4) is 0 Å². The number of thiazole rings is 1. The van der Waals surface area contributed by atoms with Crippen LogP contribution in [0.5, 0.6) is 0 Å². The van der Waals surface area contributed by atoms with Crippen LogP contribution in [0.2, 0.25) is 0 Å². The molecule has 0 aliphatic heterocycles. The minimum atomic E-state index is -3.31. The molecule has 6 N–H and O–H groups in total. The molecule has 0 saturated carbocycles. The molecule has 0 bridgehead atoms. The summed E-state index contributed by atoms with van der Waals surface area (Å²) in [6.07, 6.45) is -1.88. The largest absolute Gasteiger partial charge is 0.465 e. The molecule has 15 heteroatoms. The number of rotatable bonds is 12. The Morgan fingerprint density at radius 1 is 0.950 bits per heavy atom. The molecule has 2 aromatic carbocycles. The molecule has 3 amide bonds. The number of ether oxygens (including phenoxy) is 1. The highest BCUT2D eigenvalue weighted by Crippen LogP contribution is 2.28. The van der Waals surface area contributed by atoms with Crippen LogP contribution in [0.15, 0.2) is 53.4 Å². The Morgan fingerprint density at radius 3 is 2.10 bits per heavy atom. The molecule has 0 aliphatic carbocycles. The summed E-state index contributed by atoms with van der Waals surface area (Å²) in [6, 6.07) is 13.6. The van der Waals surface area contributed by atoms with Gasteiger partial charge in [-0.05, 0) is 55.2 Å². The fourth-order valence-corrected chi connectivity index (χ4v) is 5.28. The van der Waals surface area contributed by atoms with Gasteiger partial charge in [0.15, 0.2) is 21.3 Å². The zero-order valence-corrected chi connectivity index (χ0v) is 23.3. The molecule has 0 atom stereocenters. The summed E-state index contributed by atoms with van der Waals surface area (Å²) in [6.45, 7) is 1.92. The van der Waals surface area contributed by atoms with Gasteiger partial charge in [-0.2, -0.15) is 0 Å². The standard InChI is InChI=1S/C25H29N5O8S2/c1-3-38-25(35)30-22-27-19(20(39-22)14-16-6-11-18(12-7-16)40(2,36)37)13-8-15-4-9-17(10-5-15)26-21(28-23(31)32)29-24(33)34/h4-7,9-12,21,26,28-29H,3,8,13-14H2,1-2H3,(H,31,32)(H,33,34)(H,27,30,35). The quantitative estimate of drug-likeness (QED) is 0.169. The maximum atomic E-state index is 11.9. The number of anilines is 2. The van der Waals surface area contributed by atoms with Crippen LogP contribution in [0.4, 0.5) is 25.2 Å². The molecule has 1 aromatic heterocycles. The second kappa shape index (κ2) is 13.6. The number of aryl methyl sites for hydroxylation is 2. The molecule has 0 unspecified atom stereocenters. The molecule has 214 valence electrons. The molecular formula is C25H29N5O8S2. The van der Waals surface area contributed by atoms with Gasteiger partial charge in [-0.3, -0.25) is 16.0 Å². The van der Waals surface area contributed by atoms with E-state index in [-0.39, 0.29) is 11.5 Å². The van der Waals surface area contributed by atoms with Gasteiger partial charge < -0.3 is 20.3 Å². The third-order valence-electron chi connectivity index (χ3n) is 5.43. The summed E-state index contributed by atoms with van der Waals surface area (Å²) in [7, 11) is -3.31. The van der Waals surface area contributed by atoms with Crippen molar-refractivity contribution < 1.29 is 37.8 Å². The number of nitrogens with one attached hydrogen (secondary N) is 4. The van der Waals surface area contributed by atoms with Crippen molar-refractivity contribution in [3.63, 3.8) is 0 Å². The van der Waals surface area contributed by atoms with Crippen LogP contribution in [-0.2, 0) is 33.8 Å². The number of benzene rings is 2. The monoisotopic (exact) mass is 591 g/mol. The van der Waals surface area contributed by atoms with Crippen molar-refractivity contribution in [3.05, 3.63) is 70.2 Å². The minimum absolute atomic E-state index is 0.216. The highest BCUT2D eigenvalue weighted by molar-refractivity contribution is 7.90. The lowest BCUT2D eigenvalue weighted by molar-refractivity contribution is 0.167. The number of sulfone groups is 1. The van der Waals surface area contributed by atoms with E-state index in [0.29, 0.717) is 30.1 Å². The van der Waals surface area contributed by atoms with E-state index < -0.39 is 34.4 Å². The Hall–Kier alpha value is -4.37. The molecular weight excluding hydrogens is 562 g/mol. The third-order valence-corrected chi connectivity index (χ3v) is 7.57. The average molecular weight is 592 g/mol. The summed E-state index contributed by atoms with van der Waals surface area (Å²) < 4.78 is 28.5. The molecule has 0 radical (unpaired) electrons. The number of carbonyl (C=O) groups is 3. The van der Waals surface area contributed by atoms with Crippen LogP contribution in [-0.4, -0.2) is 61.0 Å². The molecule has 3 aromatic rings. The van der Waals surface area contributed by atoms with Gasteiger partial charge in [0.05, 0.1) is 17.2 Å². The Labute approximate surface area is 234 Å². The van der Waals surface area contributed by atoms with Gasteiger partial charge in [-0.25, -0.2) is 27.8 Å². The highest BCUT2D eigenvalue weighted by Gasteiger charge is 2.16. The molecule has 0 fully saturated rings. The Morgan fingerprint density at radius 2 is 1.55 bits per heavy atom. The van der Waals surface area contributed by atoms with Gasteiger partial charge in [-0.1, -0.05) is 24.3 Å². The van der Waals surface area contributed by atoms with E-state index in [4.69, 9.17) is 14.9 Å². The molecule has 0 aliphatic rings. The first-order valence-corrected chi connectivity index (χ1v) is 14.7. The van der Waals surface area contributed by atoms with Crippen LogP contribution in [0.3, 0.4) is 0 Å². The van der Waals surface area contributed by atoms with Crippen LogP contribution in [0.1, 0.15) is 28.6 Å². The van der Waals surface area contributed by atoms with Gasteiger partial charge >= 0.3 is 18.3 Å². The number of carbonyl (C=O) groups excluding carboxylic acids is 1. The Bertz CT molecular complexity index is 1420. The zero-order valence-electron chi connectivity index (χ0n) is 21.6. The lowest BCUT2D eigenvalue weighted by Crippen LogP contribution is -2.52. The number of hydrogen-bond acceptors (Lipinski definition) is 9. The fourth-order valence-electron chi connectivity index (χ4n) is 3.62. The number of amides is 3. The second-order valence-electron chi connectivity index (χ2n) is 8.50. The van der Waals surface area contributed by atoms with Gasteiger partial charge in [-0.15, -0.1) is 11.3 Å². The summed E-state index contributed by atoms with van der Waals surface area (Å²) in [4.78, 5) is 39.4. The van der Waals surface area contributed by atoms with Crippen molar-refractivity contribution in [2.45, 2.75) is 37.4 Å². The number of nitrogens with zero attached hydrogens (tertiary/aromatic N) is 1. The predicted molar refractivity (Wildman–Crippen MR) is 149 cm³/mol. The van der Waals surface area contributed by atoms with Crippen LogP contribution in [0, 0.1) is 0 Å². The van der Waals surface area contributed by atoms with Crippen LogP contribution < -0.4 is 21.3 Å². The molecule has 3 rings (SSSR count). The zero-order chi connectivity index (χ0) is 29.3. The van der Waals surface area contributed by atoms with Crippen molar-refractivity contribution in [2.24, 2.45) is 0 Å². The molecule has 40 heavy (non-hydrogen) atoms. The number of aromatic nitrogens is 1. The first-order valence-electron chi connectivity index (χ1n) is 12.0. The molecule has 13 nitrogen and oxygen atoms in total. The van der Waals surface area contributed by atoms with E-state index in [1.807, 2.05) is 22.8 Å². The van der Waals surface area contributed by atoms with E-state index >= 15 is 0 Å². The minimum Gasteiger partial charge on any atom is -0.465 e. The topological polar surface area (TPSA) is 196 Å². The maximum absolute atomic E-state index is 11.9. The lowest BCUT2D eigenvalue weighted by atomic mass is 10.0. The summed E-state index contributed by atoms with van der Waals surface area (Å²) >= 11 is 1.31. The summed E-state index contributed by atoms with van der Waals surface area (Å²) in [5.74, 6) is 0. The van der Waals surface area contributed by atoms with Crippen molar-refractivity contribution in [1.82, 2.24) is 15.6 Å². The van der Waals surface area contributed by atoms with Gasteiger partial charge in [0.25, 0.3) is 0 Å². The van der Waals surface area contributed by atoms with E-state index in [2.05, 4.69) is 15.6 Å². The molecule has 0 saturated heterocycles. The van der Waals surface area contributed by atoms with Crippen molar-refractivity contribution in [1.29, 1.82) is 0 Å². The molecule has 0 spiro atoms. The van der Waals surface area contributed by atoms with E-state index in [1.54, 1.807) is 43.3 Å². The first-order chi connectivity index (χ1) is 18.9. The third kappa shape index (κ3) is 9.43. The Kier molecular flexibility index (Phi) is 10.3. The summed E-state index contributed by atoms with van der Waals surface area (Å²) in [5.41, 5.74) is 3.08. The van der Waals surface area contributed by atoms with E-state index in [1.165, 1.54) is 11.3 Å². The lowest BCUT2D eigenvalue weighted by Gasteiger charge is -2.19. The van der Waals surface area contributed by atoms with Crippen LogP contribution in [0.25, 0.3) is 0 Å². The SMILES string of the molecule is CCOC(=O)Nc1nc(CCc2ccc(NC(NC(=O)O)NC(=O)O)cc2)c(Cc2ccc(S(C)(=O)=O)cc2)s1. The number of hydrogen-bond donors (Lipinski definition) is 6. The van der Waals surface area contributed by atoms with Crippen molar-refractivity contribution >= 4 is 50.3 Å². The smallest absolute Gasteiger partial charge is 0.413 e. The summed E-state index contributed by atoms with van der Waals surface area (Å²) in [5, 5.41) is 27.6. The van der Waals surface area contributed by atoms with Crippen LogP contribution >= 0.6 is 11.3 Å². The molecule has 1 heterocycles. The van der Waals surface area contributed by atoms with Gasteiger partial charge in [0.1, 0.15) is 0 Å². The average Bonchev–Trinajstić information content (AvgIpc) is 3.23. The predicted octanol–water partition coefficient (Wildman–Crippen LogP) is 3.72. The number of carboxylic acid groups (broad SMARTS) is 2. The van der Waals surface area contributed by atoms with E-state index in [0.717, 1.165) is 28.0 Å². The normalized spacial score (nSPS) is 11.1. The Balaban J connectivity index is 1.73. The van der Waals surface area contributed by atoms with Gasteiger partial charge in [0, 0.05) is 23.2 Å². The maximum Gasteiger partial charge on any atom is 0.413 e. The fraction of sp³-hybridized carbons (Fsp3) is 0.280.